The maximum atomic E-state index is 11.6. The lowest BCUT2D eigenvalue weighted by Gasteiger charge is -2.21. The molecule has 15 heavy (non-hydrogen) atoms. The van der Waals surface area contributed by atoms with E-state index in [0.29, 0.717) is 13.0 Å². The van der Waals surface area contributed by atoms with Crippen molar-refractivity contribution >= 4 is 5.97 Å². The minimum absolute atomic E-state index is 0.0272. The Morgan fingerprint density at radius 2 is 2.13 bits per heavy atom. The van der Waals surface area contributed by atoms with Gasteiger partial charge in [0.05, 0.1) is 18.6 Å². The maximum absolute atomic E-state index is 11.6. The molecule has 0 bridgehead atoms. The van der Waals surface area contributed by atoms with Crippen LogP contribution in [0.3, 0.4) is 0 Å². The van der Waals surface area contributed by atoms with Crippen molar-refractivity contribution in [3.63, 3.8) is 0 Å². The van der Waals surface area contributed by atoms with E-state index in [2.05, 4.69) is 0 Å². The molecule has 1 rings (SSSR count). The average Bonchev–Trinajstić information content (AvgIpc) is 2.54. The van der Waals surface area contributed by atoms with E-state index >= 15 is 0 Å². The Bertz CT molecular complexity index is 217. The summed E-state index contributed by atoms with van der Waals surface area (Å²) in [4.78, 5) is 11.6. The smallest absolute Gasteiger partial charge is 0.311 e. The van der Waals surface area contributed by atoms with E-state index < -0.39 is 12.0 Å². The van der Waals surface area contributed by atoms with Gasteiger partial charge in [-0.3, -0.25) is 4.79 Å². The molecule has 1 aliphatic carbocycles. The van der Waals surface area contributed by atoms with Crippen LogP contribution in [-0.4, -0.2) is 35.5 Å². The summed E-state index contributed by atoms with van der Waals surface area (Å²) < 4.78 is 4.94. The van der Waals surface area contributed by atoms with Gasteiger partial charge < -0.3 is 14.9 Å². The Hall–Kier alpha value is -0.610. The number of esters is 1. The van der Waals surface area contributed by atoms with Crippen LogP contribution in [0.5, 0.6) is 0 Å². The predicted molar refractivity (Wildman–Crippen MR) is 55.1 cm³/mol. The van der Waals surface area contributed by atoms with Gasteiger partial charge in [-0.25, -0.2) is 0 Å². The molecule has 0 aromatic heterocycles. The molecule has 4 atom stereocenters. The van der Waals surface area contributed by atoms with Gasteiger partial charge in [-0.15, -0.1) is 0 Å². The quantitative estimate of drug-likeness (QED) is 0.674. The molecule has 88 valence electrons. The third-order valence-electron chi connectivity index (χ3n) is 3.29. The Labute approximate surface area is 90.2 Å². The molecular weight excluding hydrogens is 196 g/mol. The molecule has 0 radical (unpaired) electrons. The third kappa shape index (κ3) is 2.49. The van der Waals surface area contributed by atoms with Crippen LogP contribution in [-0.2, 0) is 9.53 Å². The highest BCUT2D eigenvalue weighted by atomic mass is 16.5. The number of ether oxygens (including phenoxy) is 1. The van der Waals surface area contributed by atoms with E-state index in [4.69, 9.17) is 9.84 Å². The van der Waals surface area contributed by atoms with Crippen molar-refractivity contribution in [2.24, 2.45) is 17.8 Å². The van der Waals surface area contributed by atoms with Crippen molar-refractivity contribution in [1.82, 2.24) is 0 Å². The zero-order valence-electron chi connectivity index (χ0n) is 9.35. The molecule has 2 N–H and O–H groups in total. The van der Waals surface area contributed by atoms with E-state index in [0.717, 1.165) is 6.42 Å². The highest BCUT2D eigenvalue weighted by molar-refractivity contribution is 5.74. The number of hydrogen-bond acceptors (Lipinski definition) is 4. The maximum Gasteiger partial charge on any atom is 0.311 e. The minimum atomic E-state index is -0.661. The second-order valence-corrected chi connectivity index (χ2v) is 4.10. The van der Waals surface area contributed by atoms with Crippen molar-refractivity contribution in [2.75, 3.05) is 13.2 Å². The normalized spacial score (nSPS) is 35.5. The summed E-state index contributed by atoms with van der Waals surface area (Å²) in [6.45, 7) is 4.09. The van der Waals surface area contributed by atoms with Gasteiger partial charge in [0, 0.05) is 6.61 Å². The standard InChI is InChI=1S/C11H20O4/c1-3-8-7(6-12)5-9(13)10(8)11(14)15-4-2/h7-10,12-13H,3-6H2,1-2H3/t7-,8-,9+,10+/m1/s1. The minimum Gasteiger partial charge on any atom is -0.466 e. The number of hydrogen-bond donors (Lipinski definition) is 2. The van der Waals surface area contributed by atoms with Crippen molar-refractivity contribution in [1.29, 1.82) is 0 Å². The molecule has 1 fully saturated rings. The lowest BCUT2D eigenvalue weighted by Crippen LogP contribution is -2.30. The van der Waals surface area contributed by atoms with Gasteiger partial charge in [0.2, 0.25) is 0 Å². The molecule has 0 spiro atoms. The first-order valence-electron chi connectivity index (χ1n) is 5.61. The second kappa shape index (κ2) is 5.47. The van der Waals surface area contributed by atoms with Crippen molar-refractivity contribution in [3.8, 4) is 0 Å². The summed E-state index contributed by atoms with van der Waals surface area (Å²) in [5.74, 6) is -0.705. The molecule has 1 aliphatic rings. The van der Waals surface area contributed by atoms with Crippen LogP contribution < -0.4 is 0 Å². The summed E-state index contributed by atoms with van der Waals surface area (Å²) in [7, 11) is 0. The van der Waals surface area contributed by atoms with Crippen LogP contribution in [0.15, 0.2) is 0 Å². The highest BCUT2D eigenvalue weighted by Crippen LogP contribution is 2.39. The van der Waals surface area contributed by atoms with Gasteiger partial charge in [-0.2, -0.15) is 0 Å². The van der Waals surface area contributed by atoms with Gasteiger partial charge in [0.15, 0.2) is 0 Å². The van der Waals surface area contributed by atoms with Crippen molar-refractivity contribution in [3.05, 3.63) is 0 Å². The zero-order chi connectivity index (χ0) is 11.4. The molecular formula is C11H20O4. The highest BCUT2D eigenvalue weighted by Gasteiger charge is 2.45. The topological polar surface area (TPSA) is 66.8 Å². The Morgan fingerprint density at radius 3 is 2.60 bits per heavy atom. The molecule has 0 aromatic carbocycles. The largest absolute Gasteiger partial charge is 0.466 e. The fourth-order valence-electron chi connectivity index (χ4n) is 2.58. The average molecular weight is 216 g/mol. The van der Waals surface area contributed by atoms with Crippen LogP contribution in [0.4, 0.5) is 0 Å². The summed E-state index contributed by atoms with van der Waals surface area (Å²) in [6.07, 6.45) is 0.621. The lowest BCUT2D eigenvalue weighted by atomic mass is 9.87. The van der Waals surface area contributed by atoms with Crippen LogP contribution in [0.1, 0.15) is 26.7 Å². The fraction of sp³-hybridized carbons (Fsp3) is 0.909. The zero-order valence-corrected chi connectivity index (χ0v) is 9.35. The Morgan fingerprint density at radius 1 is 1.47 bits per heavy atom. The van der Waals surface area contributed by atoms with E-state index in [1.54, 1.807) is 6.92 Å². The summed E-state index contributed by atoms with van der Waals surface area (Å²) >= 11 is 0. The summed E-state index contributed by atoms with van der Waals surface area (Å²) in [5.41, 5.74) is 0. The van der Waals surface area contributed by atoms with Crippen LogP contribution in [0, 0.1) is 17.8 Å². The molecule has 0 aromatic rings. The molecule has 0 unspecified atom stereocenters. The van der Waals surface area contributed by atoms with Gasteiger partial charge in [0.1, 0.15) is 0 Å². The molecule has 0 saturated heterocycles. The molecule has 0 aliphatic heterocycles. The Kier molecular flexibility index (Phi) is 4.54. The molecule has 1 saturated carbocycles. The molecule has 4 heteroatoms. The number of aliphatic hydroxyl groups excluding tert-OH is 2. The second-order valence-electron chi connectivity index (χ2n) is 4.10. The van der Waals surface area contributed by atoms with E-state index in [-0.39, 0.29) is 24.4 Å². The number of carbonyl (C=O) groups is 1. The van der Waals surface area contributed by atoms with E-state index in [1.807, 2.05) is 6.92 Å². The monoisotopic (exact) mass is 216 g/mol. The molecule has 0 heterocycles. The summed E-state index contributed by atoms with van der Waals surface area (Å²) in [5, 5.41) is 18.9. The van der Waals surface area contributed by atoms with Gasteiger partial charge in [-0.05, 0) is 25.2 Å². The number of aliphatic hydroxyl groups is 2. The van der Waals surface area contributed by atoms with Crippen LogP contribution in [0.25, 0.3) is 0 Å². The fourth-order valence-corrected chi connectivity index (χ4v) is 2.58. The lowest BCUT2D eigenvalue weighted by molar-refractivity contribution is -0.153. The molecule has 4 nitrogen and oxygen atoms in total. The van der Waals surface area contributed by atoms with E-state index in [1.165, 1.54) is 0 Å². The Balaban J connectivity index is 2.72. The number of rotatable bonds is 4. The van der Waals surface area contributed by atoms with Gasteiger partial charge in [0.25, 0.3) is 0 Å². The number of carbonyl (C=O) groups excluding carboxylic acids is 1. The van der Waals surface area contributed by atoms with Crippen molar-refractivity contribution in [2.45, 2.75) is 32.8 Å². The van der Waals surface area contributed by atoms with Gasteiger partial charge >= 0.3 is 5.97 Å². The first-order valence-corrected chi connectivity index (χ1v) is 5.61. The van der Waals surface area contributed by atoms with Gasteiger partial charge in [-0.1, -0.05) is 13.3 Å². The predicted octanol–water partition coefficient (Wildman–Crippen LogP) is 0.565. The molecule has 0 amide bonds. The van der Waals surface area contributed by atoms with Crippen molar-refractivity contribution < 1.29 is 19.7 Å². The third-order valence-corrected chi connectivity index (χ3v) is 3.29. The first-order chi connectivity index (χ1) is 7.15. The first kappa shape index (κ1) is 12.5. The summed E-state index contributed by atoms with van der Waals surface area (Å²) in [6, 6.07) is 0. The van der Waals surface area contributed by atoms with Crippen LogP contribution >= 0.6 is 0 Å². The van der Waals surface area contributed by atoms with E-state index in [9.17, 15) is 9.90 Å². The van der Waals surface area contributed by atoms with Crippen LogP contribution in [0.2, 0.25) is 0 Å². The SMILES string of the molecule is CCOC(=O)[C@H]1[C@H](CC)[C@@H](CO)C[C@@H]1O.